The van der Waals surface area contributed by atoms with Crippen LogP contribution < -0.4 is 14.9 Å². The molecule has 0 aliphatic carbocycles. The van der Waals surface area contributed by atoms with E-state index in [1.807, 2.05) is 30.3 Å². The zero-order valence-electron chi connectivity index (χ0n) is 17.0. The van der Waals surface area contributed by atoms with Gasteiger partial charge in [0.05, 0.1) is 26.9 Å². The van der Waals surface area contributed by atoms with Crippen LogP contribution in [0.2, 0.25) is 5.02 Å². The molecule has 5 nitrogen and oxygen atoms in total. The Morgan fingerprint density at radius 2 is 2.03 bits per heavy atom. The minimum Gasteiger partial charge on any atom is -0.458 e. The van der Waals surface area contributed by atoms with E-state index in [-0.39, 0.29) is 27.3 Å². The van der Waals surface area contributed by atoms with Crippen molar-refractivity contribution in [2.24, 2.45) is 4.99 Å². The van der Waals surface area contributed by atoms with E-state index in [1.165, 1.54) is 28.9 Å². The van der Waals surface area contributed by atoms with Crippen molar-refractivity contribution >= 4 is 35.0 Å². The zero-order chi connectivity index (χ0) is 22.8. The molecule has 162 valence electrons. The Kier molecular flexibility index (Phi) is 6.21. The quantitative estimate of drug-likeness (QED) is 0.423. The van der Waals surface area contributed by atoms with Gasteiger partial charge in [-0.1, -0.05) is 72.0 Å². The maximum Gasteiger partial charge on any atom is 0.338 e. The molecule has 1 aliphatic heterocycles. The molecule has 0 radical (unpaired) electrons. The van der Waals surface area contributed by atoms with E-state index in [2.05, 4.69) is 11.6 Å². The maximum atomic E-state index is 14.3. The summed E-state index contributed by atoms with van der Waals surface area (Å²) in [5.74, 6) is -1.11. The van der Waals surface area contributed by atoms with Crippen molar-refractivity contribution in [3.05, 3.63) is 114 Å². The third kappa shape index (κ3) is 3.97. The number of thiazole rings is 1. The molecule has 1 atom stereocenters. The van der Waals surface area contributed by atoms with Gasteiger partial charge in [0.2, 0.25) is 0 Å². The Bertz CT molecular complexity index is 1400. The summed E-state index contributed by atoms with van der Waals surface area (Å²) in [6.45, 7) is 5.30. The van der Waals surface area contributed by atoms with Crippen molar-refractivity contribution < 1.29 is 13.9 Å². The summed E-state index contributed by atoms with van der Waals surface area (Å²) in [5, 5.41) is 0.195. The first-order valence-corrected chi connectivity index (χ1v) is 10.9. The first kappa shape index (κ1) is 21.9. The van der Waals surface area contributed by atoms with Gasteiger partial charge in [0.15, 0.2) is 4.80 Å². The zero-order valence-corrected chi connectivity index (χ0v) is 18.6. The van der Waals surface area contributed by atoms with Crippen LogP contribution in [0.15, 0.2) is 82.2 Å². The van der Waals surface area contributed by atoms with Crippen molar-refractivity contribution in [3.8, 4) is 0 Å². The number of esters is 1. The number of carbonyl (C=O) groups excluding carboxylic acids is 1. The van der Waals surface area contributed by atoms with Gasteiger partial charge >= 0.3 is 5.97 Å². The van der Waals surface area contributed by atoms with Gasteiger partial charge in [0.25, 0.3) is 5.56 Å². The van der Waals surface area contributed by atoms with Crippen LogP contribution in [0.4, 0.5) is 4.39 Å². The van der Waals surface area contributed by atoms with Crippen LogP contribution in [0.1, 0.15) is 24.1 Å². The molecule has 1 aromatic heterocycles. The number of hydrogen-bond donors (Lipinski definition) is 0. The van der Waals surface area contributed by atoms with Crippen LogP contribution in [0.3, 0.4) is 0 Å². The number of nitrogens with zero attached hydrogens (tertiary/aromatic N) is 2. The van der Waals surface area contributed by atoms with Gasteiger partial charge in [0, 0.05) is 5.56 Å². The fraction of sp³-hybridized carbons (Fsp3) is 0.125. The average Bonchev–Trinajstić information content (AvgIpc) is 3.09. The molecule has 1 unspecified atom stereocenters. The highest BCUT2D eigenvalue weighted by Gasteiger charge is 2.33. The van der Waals surface area contributed by atoms with Crippen molar-refractivity contribution in [1.29, 1.82) is 0 Å². The van der Waals surface area contributed by atoms with Crippen LogP contribution in [-0.2, 0) is 9.53 Å². The van der Waals surface area contributed by atoms with E-state index in [1.54, 1.807) is 13.0 Å². The van der Waals surface area contributed by atoms with Crippen LogP contribution in [0, 0.1) is 5.82 Å². The standard InChI is InChI=1S/C24H18ClFN2O3S/c1-3-12-31-23(30)20-14(2)27-24-28(21(20)15-8-5-4-6-9-15)22(29)19(32-24)13-16-17(25)10-7-11-18(16)26/h3-11,13,21H,1,12H2,2H3/b19-13+. The minimum absolute atomic E-state index is 0.0350. The summed E-state index contributed by atoms with van der Waals surface area (Å²) in [5.41, 5.74) is 1.16. The highest BCUT2D eigenvalue weighted by molar-refractivity contribution is 7.07. The van der Waals surface area contributed by atoms with Crippen molar-refractivity contribution in [2.45, 2.75) is 13.0 Å². The fourth-order valence-electron chi connectivity index (χ4n) is 3.53. The molecule has 1 aliphatic rings. The van der Waals surface area contributed by atoms with Gasteiger partial charge in [-0.05, 0) is 30.7 Å². The van der Waals surface area contributed by atoms with Gasteiger partial charge in [-0.15, -0.1) is 0 Å². The van der Waals surface area contributed by atoms with Crippen LogP contribution in [0.25, 0.3) is 6.08 Å². The van der Waals surface area contributed by atoms with E-state index >= 15 is 0 Å². The van der Waals surface area contributed by atoms with Gasteiger partial charge in [-0.2, -0.15) is 0 Å². The van der Waals surface area contributed by atoms with Crippen LogP contribution >= 0.6 is 22.9 Å². The number of hydrogen-bond acceptors (Lipinski definition) is 5. The topological polar surface area (TPSA) is 60.7 Å². The van der Waals surface area contributed by atoms with E-state index in [4.69, 9.17) is 16.3 Å². The Balaban J connectivity index is 1.96. The number of carbonyl (C=O) groups is 1. The molecule has 3 aromatic rings. The van der Waals surface area contributed by atoms with Gasteiger partial charge in [-0.3, -0.25) is 9.36 Å². The van der Waals surface area contributed by atoms with Crippen LogP contribution in [0.5, 0.6) is 0 Å². The fourth-order valence-corrected chi connectivity index (χ4v) is 4.77. The van der Waals surface area contributed by atoms with Crippen molar-refractivity contribution in [1.82, 2.24) is 4.57 Å². The van der Waals surface area contributed by atoms with Crippen LogP contribution in [-0.4, -0.2) is 17.1 Å². The van der Waals surface area contributed by atoms with Gasteiger partial charge in [-0.25, -0.2) is 14.2 Å². The minimum atomic E-state index is -0.733. The summed E-state index contributed by atoms with van der Waals surface area (Å²) in [6, 6.07) is 12.7. The Hall–Kier alpha value is -3.29. The molecule has 32 heavy (non-hydrogen) atoms. The van der Waals surface area contributed by atoms with E-state index < -0.39 is 23.4 Å². The highest BCUT2D eigenvalue weighted by atomic mass is 35.5. The van der Waals surface area contributed by atoms with Gasteiger partial charge in [0.1, 0.15) is 12.4 Å². The second-order valence-corrected chi connectivity index (χ2v) is 8.43. The molecule has 0 spiro atoms. The molecule has 0 saturated carbocycles. The second-order valence-electron chi connectivity index (χ2n) is 7.01. The average molecular weight is 469 g/mol. The third-order valence-corrected chi connectivity index (χ3v) is 6.28. The number of fused-ring (bicyclic) bond motifs is 1. The largest absolute Gasteiger partial charge is 0.458 e. The lowest BCUT2D eigenvalue weighted by molar-refractivity contribution is -0.138. The SMILES string of the molecule is C=CCOC(=O)C1=C(C)N=c2s/c(=C/c3c(F)cccc3Cl)c(=O)n2C1c1ccccc1. The van der Waals surface area contributed by atoms with Crippen molar-refractivity contribution in [2.75, 3.05) is 6.61 Å². The lowest BCUT2D eigenvalue weighted by Crippen LogP contribution is -2.39. The second kappa shape index (κ2) is 9.06. The lowest BCUT2D eigenvalue weighted by Gasteiger charge is -2.24. The number of allylic oxidation sites excluding steroid dienone is 1. The molecule has 8 heteroatoms. The monoisotopic (exact) mass is 468 g/mol. The maximum absolute atomic E-state index is 14.3. The van der Waals surface area contributed by atoms with Gasteiger partial charge < -0.3 is 4.74 Å². The molecule has 0 fully saturated rings. The number of halogens is 2. The summed E-state index contributed by atoms with van der Waals surface area (Å²) < 4.78 is 21.3. The lowest BCUT2D eigenvalue weighted by atomic mass is 9.96. The Morgan fingerprint density at radius 1 is 1.28 bits per heavy atom. The number of ether oxygens (including phenoxy) is 1. The predicted molar refractivity (Wildman–Crippen MR) is 123 cm³/mol. The first-order chi connectivity index (χ1) is 15.4. The molecular weight excluding hydrogens is 451 g/mol. The van der Waals surface area contributed by atoms with E-state index in [0.717, 1.165) is 16.9 Å². The first-order valence-electron chi connectivity index (χ1n) is 9.72. The molecule has 2 heterocycles. The number of aromatic nitrogens is 1. The molecule has 2 aromatic carbocycles. The molecule has 0 saturated heterocycles. The Labute approximate surface area is 192 Å². The molecular formula is C24H18ClFN2O3S. The summed E-state index contributed by atoms with van der Waals surface area (Å²) in [7, 11) is 0. The molecule has 0 N–H and O–H groups in total. The highest BCUT2D eigenvalue weighted by Crippen LogP contribution is 2.30. The molecule has 0 bridgehead atoms. The summed E-state index contributed by atoms with van der Waals surface area (Å²) in [4.78, 5) is 31.2. The third-order valence-electron chi connectivity index (χ3n) is 4.96. The summed E-state index contributed by atoms with van der Waals surface area (Å²) >= 11 is 7.25. The smallest absolute Gasteiger partial charge is 0.338 e. The van der Waals surface area contributed by atoms with E-state index in [9.17, 15) is 14.0 Å². The van der Waals surface area contributed by atoms with Crippen molar-refractivity contribution in [3.63, 3.8) is 0 Å². The number of benzene rings is 2. The molecule has 0 amide bonds. The van der Waals surface area contributed by atoms with E-state index in [0.29, 0.717) is 10.5 Å². The molecule has 4 rings (SSSR count). The predicted octanol–water partition coefficient (Wildman–Crippen LogP) is 3.76. The normalized spacial score (nSPS) is 15.8. The summed E-state index contributed by atoms with van der Waals surface area (Å²) in [6.07, 6.45) is 2.89. The Morgan fingerprint density at radius 3 is 2.72 bits per heavy atom. The number of rotatable bonds is 5.